The molecule has 1 N–H and O–H groups in total. The number of ether oxygens (including phenoxy) is 3. The second kappa shape index (κ2) is 13.2. The minimum absolute atomic E-state index is 0.267. The van der Waals surface area contributed by atoms with E-state index in [4.69, 9.17) is 14.2 Å². The minimum Gasteiger partial charge on any atom is -0.489 e. The van der Waals surface area contributed by atoms with Crippen LogP contribution in [0.15, 0.2) is 66.7 Å². The van der Waals surface area contributed by atoms with Crippen molar-refractivity contribution in [2.45, 2.75) is 78.2 Å². The van der Waals surface area contributed by atoms with Crippen molar-refractivity contribution in [3.05, 3.63) is 83.4 Å². The number of rotatable bonds is 8. The van der Waals surface area contributed by atoms with Crippen LogP contribution in [0.1, 0.15) is 64.7 Å². The predicted molar refractivity (Wildman–Crippen MR) is 167 cm³/mol. The average Bonchev–Trinajstić information content (AvgIpc) is 3.37. The lowest BCUT2D eigenvalue weighted by molar-refractivity contribution is -0.156. The summed E-state index contributed by atoms with van der Waals surface area (Å²) in [6.45, 7) is 11.0. The molecule has 1 aliphatic rings. The van der Waals surface area contributed by atoms with Crippen LogP contribution in [0, 0.1) is 11.3 Å². The highest BCUT2D eigenvalue weighted by atomic mass is 16.6. The van der Waals surface area contributed by atoms with Crippen molar-refractivity contribution in [2.24, 2.45) is 0 Å². The number of hydrogen-bond donors (Lipinski definition) is 1. The number of anilines is 1. The molecule has 0 radical (unpaired) electrons. The second-order valence-electron chi connectivity index (χ2n) is 12.7. The first-order chi connectivity index (χ1) is 20.7. The Morgan fingerprint density at radius 2 is 1.64 bits per heavy atom. The van der Waals surface area contributed by atoms with Gasteiger partial charge in [-0.3, -0.25) is 9.59 Å². The van der Waals surface area contributed by atoms with E-state index in [0.717, 1.165) is 22.3 Å². The van der Waals surface area contributed by atoms with E-state index in [1.54, 1.807) is 58.6 Å². The van der Waals surface area contributed by atoms with Crippen LogP contribution in [0.2, 0.25) is 0 Å². The molecule has 1 aliphatic heterocycles. The van der Waals surface area contributed by atoms with Gasteiger partial charge in [0.2, 0.25) is 5.91 Å². The summed E-state index contributed by atoms with van der Waals surface area (Å²) in [4.78, 5) is 40.5. The van der Waals surface area contributed by atoms with Gasteiger partial charge in [0.05, 0.1) is 18.1 Å². The van der Waals surface area contributed by atoms with Crippen LogP contribution in [-0.2, 0) is 32.1 Å². The summed E-state index contributed by atoms with van der Waals surface area (Å²) in [5, 5.41) is 12.3. The molecule has 230 valence electrons. The lowest BCUT2D eigenvalue weighted by atomic mass is 9.98. The summed E-state index contributed by atoms with van der Waals surface area (Å²) < 4.78 is 16.8. The smallest absolute Gasteiger partial charge is 0.408 e. The van der Waals surface area contributed by atoms with E-state index >= 15 is 0 Å². The monoisotopic (exact) mass is 597 g/mol. The first kappa shape index (κ1) is 32.1. The molecule has 1 atom stereocenters. The number of nitriles is 1. The zero-order valence-electron chi connectivity index (χ0n) is 26.1. The first-order valence-corrected chi connectivity index (χ1v) is 14.6. The van der Waals surface area contributed by atoms with Gasteiger partial charge >= 0.3 is 12.1 Å². The van der Waals surface area contributed by atoms with E-state index in [1.165, 1.54) is 0 Å². The van der Waals surface area contributed by atoms with Gasteiger partial charge < -0.3 is 24.4 Å². The molecule has 0 aliphatic carbocycles. The summed E-state index contributed by atoms with van der Waals surface area (Å²) in [7, 11) is 0. The second-order valence-corrected chi connectivity index (χ2v) is 12.7. The topological polar surface area (TPSA) is 118 Å². The van der Waals surface area contributed by atoms with Crippen molar-refractivity contribution in [1.82, 2.24) is 5.32 Å². The maximum Gasteiger partial charge on any atom is 0.408 e. The molecule has 1 unspecified atom stereocenters. The molecule has 3 aromatic rings. The molecule has 3 aromatic carbocycles. The summed E-state index contributed by atoms with van der Waals surface area (Å²) in [6.07, 6.45) is -0.552. The van der Waals surface area contributed by atoms with Crippen molar-refractivity contribution in [3.8, 4) is 22.9 Å². The highest BCUT2D eigenvalue weighted by molar-refractivity contribution is 6.02. The van der Waals surface area contributed by atoms with E-state index in [2.05, 4.69) is 11.4 Å². The summed E-state index contributed by atoms with van der Waals surface area (Å²) in [5.74, 6) is -0.413. The van der Waals surface area contributed by atoms with Gasteiger partial charge in [0.15, 0.2) is 0 Å². The summed E-state index contributed by atoms with van der Waals surface area (Å²) >= 11 is 0. The highest BCUT2D eigenvalue weighted by Crippen LogP contribution is 2.33. The zero-order chi connectivity index (χ0) is 32.1. The fourth-order valence-corrected chi connectivity index (χ4v) is 4.89. The minimum atomic E-state index is -1.17. The van der Waals surface area contributed by atoms with Gasteiger partial charge in [0, 0.05) is 12.2 Å². The van der Waals surface area contributed by atoms with E-state index in [0.29, 0.717) is 30.0 Å². The van der Waals surface area contributed by atoms with Crippen molar-refractivity contribution < 1.29 is 28.6 Å². The lowest BCUT2D eigenvalue weighted by Gasteiger charge is -2.27. The Morgan fingerprint density at radius 1 is 0.932 bits per heavy atom. The van der Waals surface area contributed by atoms with Gasteiger partial charge in [-0.2, -0.15) is 5.26 Å². The van der Waals surface area contributed by atoms with Gasteiger partial charge in [0.25, 0.3) is 0 Å². The number of amides is 2. The number of benzene rings is 3. The van der Waals surface area contributed by atoms with Crippen LogP contribution in [0.5, 0.6) is 5.75 Å². The third-order valence-electron chi connectivity index (χ3n) is 6.69. The van der Waals surface area contributed by atoms with Crippen molar-refractivity contribution in [1.29, 1.82) is 5.26 Å². The van der Waals surface area contributed by atoms with Gasteiger partial charge in [-0.15, -0.1) is 0 Å². The largest absolute Gasteiger partial charge is 0.489 e. The number of alkyl carbamates (subject to hydrolysis) is 1. The standard InChI is InChI=1S/C35H39N3O6/c1-34(2,3)43-31(39)20-29(37-33(41)44-35(4,5)6)32(40)38-17-16-25-19-27(13-15-30(25)38)42-22-23-12-14-28(26(18-23)21-36)24-10-8-7-9-11-24/h7-15,18-19,29H,16-17,20,22H2,1-6H3,(H,37,41). The Balaban J connectivity index is 1.46. The quantitative estimate of drug-likeness (QED) is 0.302. The molecule has 2 amide bonds. The van der Waals surface area contributed by atoms with Crippen LogP contribution >= 0.6 is 0 Å². The van der Waals surface area contributed by atoms with E-state index in [9.17, 15) is 19.6 Å². The molecule has 0 fully saturated rings. The average molecular weight is 598 g/mol. The number of hydrogen-bond acceptors (Lipinski definition) is 7. The number of esters is 1. The van der Waals surface area contributed by atoms with Crippen molar-refractivity contribution in [2.75, 3.05) is 11.4 Å². The van der Waals surface area contributed by atoms with Crippen LogP contribution in [0.3, 0.4) is 0 Å². The molecule has 4 rings (SSSR count). The molecular formula is C35H39N3O6. The van der Waals surface area contributed by atoms with Crippen molar-refractivity contribution in [3.63, 3.8) is 0 Å². The number of nitrogens with zero attached hydrogens (tertiary/aromatic N) is 2. The predicted octanol–water partition coefficient (Wildman–Crippen LogP) is 6.32. The molecule has 0 saturated heterocycles. The molecule has 0 bridgehead atoms. The number of carbonyl (C=O) groups excluding carboxylic acids is 3. The SMILES string of the molecule is CC(C)(C)OC(=O)CC(NC(=O)OC(C)(C)C)C(=O)N1CCc2cc(OCc3ccc(-c4ccccc4)c(C#N)c3)ccc21. The summed E-state index contributed by atoms with van der Waals surface area (Å²) in [6, 6.07) is 22.0. The Labute approximate surface area is 258 Å². The highest BCUT2D eigenvalue weighted by Gasteiger charge is 2.35. The number of nitrogens with one attached hydrogen (secondary N) is 1. The van der Waals surface area contributed by atoms with Crippen molar-refractivity contribution >= 4 is 23.7 Å². The lowest BCUT2D eigenvalue weighted by Crippen LogP contribution is -2.50. The molecule has 0 aromatic heterocycles. The van der Waals surface area contributed by atoms with Gasteiger partial charge in [0.1, 0.15) is 29.6 Å². The Morgan fingerprint density at radius 3 is 2.30 bits per heavy atom. The Hall–Kier alpha value is -4.84. The number of carbonyl (C=O) groups is 3. The zero-order valence-corrected chi connectivity index (χ0v) is 26.1. The number of fused-ring (bicyclic) bond motifs is 1. The van der Waals surface area contributed by atoms with Crippen LogP contribution < -0.4 is 15.0 Å². The molecule has 9 nitrogen and oxygen atoms in total. The fraction of sp³-hybridized carbons (Fsp3) is 0.371. The Bertz CT molecular complexity index is 1530. The first-order valence-electron chi connectivity index (χ1n) is 14.6. The van der Waals surface area contributed by atoms with E-state index < -0.39 is 35.2 Å². The maximum absolute atomic E-state index is 13.7. The van der Waals surface area contributed by atoms with E-state index in [1.807, 2.05) is 54.6 Å². The Kier molecular flexibility index (Phi) is 9.63. The molecule has 0 spiro atoms. The van der Waals surface area contributed by atoms with Crippen LogP contribution in [0.25, 0.3) is 11.1 Å². The van der Waals surface area contributed by atoms with Crippen LogP contribution in [-0.4, -0.2) is 41.8 Å². The van der Waals surface area contributed by atoms with E-state index in [-0.39, 0.29) is 13.0 Å². The summed E-state index contributed by atoms with van der Waals surface area (Å²) in [5.41, 5.74) is 3.34. The van der Waals surface area contributed by atoms with Gasteiger partial charge in [-0.25, -0.2) is 4.79 Å². The molecular weight excluding hydrogens is 558 g/mol. The molecule has 44 heavy (non-hydrogen) atoms. The molecule has 9 heteroatoms. The van der Waals surface area contributed by atoms with Crippen LogP contribution in [0.4, 0.5) is 10.5 Å². The van der Waals surface area contributed by atoms with Gasteiger partial charge in [-0.1, -0.05) is 42.5 Å². The van der Waals surface area contributed by atoms with Gasteiger partial charge in [-0.05, 0) is 94.5 Å². The third-order valence-corrected chi connectivity index (χ3v) is 6.69. The normalized spacial score (nSPS) is 13.3. The molecule has 1 heterocycles. The fourth-order valence-electron chi connectivity index (χ4n) is 4.89. The molecule has 0 saturated carbocycles. The maximum atomic E-state index is 13.7. The third kappa shape index (κ3) is 8.60.